The van der Waals surface area contributed by atoms with Crippen molar-refractivity contribution in [1.29, 1.82) is 0 Å². The quantitative estimate of drug-likeness (QED) is 0.620. The Morgan fingerprint density at radius 2 is 2.09 bits per heavy atom. The van der Waals surface area contributed by atoms with Crippen LogP contribution in [0.3, 0.4) is 0 Å². The molecule has 1 rings (SSSR count). The van der Waals surface area contributed by atoms with Gasteiger partial charge in [-0.3, -0.25) is 5.32 Å². The molecule has 0 saturated carbocycles. The second kappa shape index (κ2) is 4.70. The highest BCUT2D eigenvalue weighted by atomic mass is 16.5. The maximum absolute atomic E-state index is 5.28. The summed E-state index contributed by atoms with van der Waals surface area (Å²) >= 11 is 0. The molecule has 0 aromatic rings. The summed E-state index contributed by atoms with van der Waals surface area (Å²) in [5.41, 5.74) is 0. The molecule has 0 aromatic carbocycles. The first-order valence-electron chi connectivity index (χ1n) is 4.38. The van der Waals surface area contributed by atoms with Crippen molar-refractivity contribution in [2.75, 3.05) is 20.2 Å². The van der Waals surface area contributed by atoms with Crippen LogP contribution in [0.2, 0.25) is 0 Å². The topological polar surface area (TPSA) is 33.3 Å². The molecule has 0 aromatic heterocycles. The third-order valence-electron chi connectivity index (χ3n) is 2.10. The molecule has 2 N–H and O–H groups in total. The molecule has 11 heavy (non-hydrogen) atoms. The number of nitrogens with one attached hydrogen (secondary N) is 2. The van der Waals surface area contributed by atoms with Crippen molar-refractivity contribution in [3.8, 4) is 0 Å². The summed E-state index contributed by atoms with van der Waals surface area (Å²) in [6.45, 7) is 4.27. The van der Waals surface area contributed by atoms with Crippen LogP contribution >= 0.6 is 0 Å². The maximum atomic E-state index is 5.28. The molecule has 3 nitrogen and oxygen atoms in total. The van der Waals surface area contributed by atoms with E-state index in [2.05, 4.69) is 17.6 Å². The summed E-state index contributed by atoms with van der Waals surface area (Å²) in [7, 11) is 1.76. The van der Waals surface area contributed by atoms with Gasteiger partial charge in [-0.05, 0) is 6.42 Å². The molecule has 0 spiro atoms. The Kier molecular flexibility index (Phi) is 3.83. The summed E-state index contributed by atoms with van der Waals surface area (Å²) in [5.74, 6) is 0. The summed E-state index contributed by atoms with van der Waals surface area (Å²) in [6, 6.07) is 0.499. The van der Waals surface area contributed by atoms with Crippen molar-refractivity contribution in [3.63, 3.8) is 0 Å². The number of methoxy groups -OCH3 is 1. The fraction of sp³-hybridized carbons (Fsp3) is 1.00. The van der Waals surface area contributed by atoms with Gasteiger partial charge in [0, 0.05) is 26.2 Å². The van der Waals surface area contributed by atoms with Crippen LogP contribution in [0.5, 0.6) is 0 Å². The second-order valence-electron chi connectivity index (χ2n) is 2.96. The van der Waals surface area contributed by atoms with Gasteiger partial charge in [-0.15, -0.1) is 0 Å². The standard InChI is InChI=1S/C8H18N2O/c1-3-4-7-8(11-2)10-6-5-9-7/h7-10H,3-6H2,1-2H3/t7-,8-/m0/s1. The molecule has 0 aliphatic carbocycles. The monoisotopic (exact) mass is 158 g/mol. The van der Waals surface area contributed by atoms with Gasteiger partial charge in [0.05, 0.1) is 0 Å². The number of rotatable bonds is 3. The van der Waals surface area contributed by atoms with Gasteiger partial charge in [0.2, 0.25) is 0 Å². The molecular formula is C8H18N2O. The lowest BCUT2D eigenvalue weighted by Crippen LogP contribution is -2.56. The first kappa shape index (κ1) is 8.97. The molecule has 1 aliphatic heterocycles. The fourth-order valence-corrected chi connectivity index (χ4v) is 1.53. The van der Waals surface area contributed by atoms with Gasteiger partial charge in [0.15, 0.2) is 0 Å². The third kappa shape index (κ3) is 2.43. The minimum absolute atomic E-state index is 0.212. The van der Waals surface area contributed by atoms with E-state index < -0.39 is 0 Å². The van der Waals surface area contributed by atoms with E-state index in [0.717, 1.165) is 13.1 Å². The summed E-state index contributed by atoms with van der Waals surface area (Å²) in [5, 5.41) is 6.75. The van der Waals surface area contributed by atoms with Crippen LogP contribution < -0.4 is 10.6 Å². The van der Waals surface area contributed by atoms with Crippen molar-refractivity contribution < 1.29 is 4.74 Å². The largest absolute Gasteiger partial charge is 0.365 e. The Labute approximate surface area is 68.5 Å². The highest BCUT2D eigenvalue weighted by molar-refractivity contribution is 4.79. The van der Waals surface area contributed by atoms with E-state index in [1.807, 2.05) is 0 Å². The van der Waals surface area contributed by atoms with Crippen LogP contribution in [0.15, 0.2) is 0 Å². The third-order valence-corrected chi connectivity index (χ3v) is 2.10. The van der Waals surface area contributed by atoms with Gasteiger partial charge < -0.3 is 10.1 Å². The molecule has 1 aliphatic rings. The van der Waals surface area contributed by atoms with Crippen LogP contribution in [0.4, 0.5) is 0 Å². The van der Waals surface area contributed by atoms with Crippen LogP contribution in [-0.4, -0.2) is 32.5 Å². The van der Waals surface area contributed by atoms with E-state index >= 15 is 0 Å². The average Bonchev–Trinajstić information content (AvgIpc) is 2.06. The lowest BCUT2D eigenvalue weighted by atomic mass is 10.1. The zero-order valence-corrected chi connectivity index (χ0v) is 7.39. The average molecular weight is 158 g/mol. The van der Waals surface area contributed by atoms with E-state index in [9.17, 15) is 0 Å². The zero-order valence-electron chi connectivity index (χ0n) is 7.39. The predicted molar refractivity (Wildman–Crippen MR) is 45.5 cm³/mol. The Morgan fingerprint density at radius 1 is 1.36 bits per heavy atom. The Bertz CT molecular complexity index is 106. The summed E-state index contributed by atoms with van der Waals surface area (Å²) in [4.78, 5) is 0. The van der Waals surface area contributed by atoms with Gasteiger partial charge in [0.25, 0.3) is 0 Å². The molecule has 1 saturated heterocycles. The van der Waals surface area contributed by atoms with Crippen molar-refractivity contribution in [3.05, 3.63) is 0 Å². The Hall–Kier alpha value is -0.120. The molecule has 66 valence electrons. The van der Waals surface area contributed by atoms with Crippen LogP contribution in [0.1, 0.15) is 19.8 Å². The van der Waals surface area contributed by atoms with E-state index in [1.165, 1.54) is 12.8 Å². The lowest BCUT2D eigenvalue weighted by molar-refractivity contribution is 0.0250. The van der Waals surface area contributed by atoms with Crippen molar-refractivity contribution in [2.45, 2.75) is 32.0 Å². The van der Waals surface area contributed by atoms with Crippen LogP contribution in [0, 0.1) is 0 Å². The summed E-state index contributed by atoms with van der Waals surface area (Å²) < 4.78 is 5.28. The smallest absolute Gasteiger partial charge is 0.123 e. The van der Waals surface area contributed by atoms with E-state index in [-0.39, 0.29) is 6.23 Å². The first-order valence-corrected chi connectivity index (χ1v) is 4.38. The highest BCUT2D eigenvalue weighted by Gasteiger charge is 2.22. The lowest BCUT2D eigenvalue weighted by Gasteiger charge is -2.32. The van der Waals surface area contributed by atoms with Crippen molar-refractivity contribution in [2.24, 2.45) is 0 Å². The van der Waals surface area contributed by atoms with Gasteiger partial charge in [0.1, 0.15) is 6.23 Å². The van der Waals surface area contributed by atoms with E-state index in [0.29, 0.717) is 6.04 Å². The predicted octanol–water partition coefficient (Wildman–Crippen LogP) is 0.320. The van der Waals surface area contributed by atoms with Gasteiger partial charge in [-0.2, -0.15) is 0 Å². The zero-order chi connectivity index (χ0) is 8.10. The fourth-order valence-electron chi connectivity index (χ4n) is 1.53. The first-order chi connectivity index (χ1) is 5.38. The minimum atomic E-state index is 0.212. The van der Waals surface area contributed by atoms with Gasteiger partial charge in [-0.1, -0.05) is 13.3 Å². The Morgan fingerprint density at radius 3 is 2.73 bits per heavy atom. The number of hydrogen-bond donors (Lipinski definition) is 2. The molecule has 1 fully saturated rings. The summed E-state index contributed by atoms with van der Waals surface area (Å²) in [6.07, 6.45) is 2.61. The molecule has 0 bridgehead atoms. The maximum Gasteiger partial charge on any atom is 0.123 e. The number of ether oxygens (including phenoxy) is 1. The molecule has 2 atom stereocenters. The molecule has 0 radical (unpaired) electrons. The van der Waals surface area contributed by atoms with Crippen molar-refractivity contribution in [1.82, 2.24) is 10.6 Å². The molecule has 3 heteroatoms. The highest BCUT2D eigenvalue weighted by Crippen LogP contribution is 2.05. The molecule has 1 heterocycles. The van der Waals surface area contributed by atoms with Crippen LogP contribution in [-0.2, 0) is 4.74 Å². The van der Waals surface area contributed by atoms with Crippen molar-refractivity contribution >= 4 is 0 Å². The van der Waals surface area contributed by atoms with E-state index in [1.54, 1.807) is 7.11 Å². The molecular weight excluding hydrogens is 140 g/mol. The van der Waals surface area contributed by atoms with Gasteiger partial charge >= 0.3 is 0 Å². The minimum Gasteiger partial charge on any atom is -0.365 e. The molecule has 0 amide bonds. The number of piperazine rings is 1. The van der Waals surface area contributed by atoms with E-state index in [4.69, 9.17) is 4.74 Å². The van der Waals surface area contributed by atoms with Gasteiger partial charge in [-0.25, -0.2) is 0 Å². The Balaban J connectivity index is 2.31. The molecule has 0 unspecified atom stereocenters. The second-order valence-corrected chi connectivity index (χ2v) is 2.96. The SMILES string of the molecule is CCC[C@@H]1NCCN[C@H]1OC. The number of hydrogen-bond acceptors (Lipinski definition) is 3. The normalized spacial score (nSPS) is 32.2. The van der Waals surface area contributed by atoms with Crippen LogP contribution in [0.25, 0.3) is 0 Å².